The van der Waals surface area contributed by atoms with E-state index in [9.17, 15) is 9.70 Å². The van der Waals surface area contributed by atoms with Crippen molar-refractivity contribution in [3.8, 4) is 6.07 Å². The van der Waals surface area contributed by atoms with Crippen LogP contribution in [-0.2, 0) is 4.84 Å². The number of anilines is 1. The van der Waals surface area contributed by atoms with Gasteiger partial charge in [0.25, 0.3) is 4.98 Å². The number of hydrogen-bond acceptors (Lipinski definition) is 4. The molecule has 0 radical (unpaired) electrons. The lowest BCUT2D eigenvalue weighted by Crippen LogP contribution is -2.50. The van der Waals surface area contributed by atoms with Crippen LogP contribution in [-0.4, -0.2) is 52.7 Å². The number of hydrogen-bond donors (Lipinski definition) is 2. The van der Waals surface area contributed by atoms with Crippen LogP contribution in [0, 0.1) is 16.2 Å². The second-order valence-corrected chi connectivity index (χ2v) is 7.16. The van der Waals surface area contributed by atoms with Gasteiger partial charge in [-0.3, -0.25) is 0 Å². The average molecular weight is 361 g/mol. The summed E-state index contributed by atoms with van der Waals surface area (Å²) in [5.41, 5.74) is 3.06. The number of carbonyl (C=O) groups excluding carboxylic acids is 1. The summed E-state index contributed by atoms with van der Waals surface area (Å²) < 4.78 is 0. The summed E-state index contributed by atoms with van der Waals surface area (Å²) in [6.07, 6.45) is 0.335. The third-order valence-electron chi connectivity index (χ3n) is 4.22. The number of urea groups is 1. The van der Waals surface area contributed by atoms with E-state index in [0.717, 1.165) is 0 Å². The first-order chi connectivity index (χ1) is 12.2. The lowest BCUT2D eigenvalue weighted by Gasteiger charge is -2.23. The maximum absolute atomic E-state index is 12.3. The Morgan fingerprint density at radius 2 is 2.19 bits per heavy atom. The Bertz CT molecular complexity index is 709. The molecule has 0 aromatic heterocycles. The molecule has 2 N–H and O–H groups in total. The standard InChI is InChI=1S/C17H24N6O3/c1-17(2,3)21(4)23(25)20-26-15-8-9-22(12-15)16(24)19-14-7-5-6-13(10-14)11-18/h5-7,10,15H,8-9,12H2,1-4H3,(H-,19,20,24,25)/p+1. The Morgan fingerprint density at radius 1 is 1.46 bits per heavy atom. The quantitative estimate of drug-likeness (QED) is 0.615. The maximum Gasteiger partial charge on any atom is 0.321 e. The summed E-state index contributed by atoms with van der Waals surface area (Å²) >= 11 is 0. The molecule has 0 bridgehead atoms. The van der Waals surface area contributed by atoms with Crippen molar-refractivity contribution in [2.24, 2.45) is 0 Å². The first-order valence-electron chi connectivity index (χ1n) is 8.39. The molecule has 0 aliphatic carbocycles. The van der Waals surface area contributed by atoms with Crippen LogP contribution in [0.3, 0.4) is 0 Å². The van der Waals surface area contributed by atoms with Crippen molar-refractivity contribution in [2.75, 3.05) is 25.5 Å². The molecule has 1 saturated heterocycles. The van der Waals surface area contributed by atoms with Gasteiger partial charge in [-0.2, -0.15) is 5.26 Å². The van der Waals surface area contributed by atoms with Gasteiger partial charge in [-0.1, -0.05) is 6.07 Å². The van der Waals surface area contributed by atoms with Gasteiger partial charge >= 0.3 is 6.03 Å². The van der Waals surface area contributed by atoms with E-state index in [1.54, 1.807) is 36.2 Å². The molecule has 0 saturated carbocycles. The molecule has 1 aromatic carbocycles. The van der Waals surface area contributed by atoms with E-state index in [1.165, 1.54) is 5.01 Å². The maximum atomic E-state index is 12.3. The molecule has 1 aromatic rings. The van der Waals surface area contributed by atoms with Crippen molar-refractivity contribution in [3.63, 3.8) is 0 Å². The van der Waals surface area contributed by atoms with Crippen LogP contribution in [0.1, 0.15) is 32.8 Å². The van der Waals surface area contributed by atoms with Gasteiger partial charge < -0.3 is 10.2 Å². The highest BCUT2D eigenvalue weighted by Crippen LogP contribution is 2.16. The summed E-state index contributed by atoms with van der Waals surface area (Å²) in [6, 6.07) is 8.48. The first-order valence-corrected chi connectivity index (χ1v) is 8.39. The van der Waals surface area contributed by atoms with E-state index >= 15 is 0 Å². The van der Waals surface area contributed by atoms with Gasteiger partial charge in [-0.25, -0.2) is 9.63 Å². The monoisotopic (exact) mass is 361 g/mol. The number of rotatable bonds is 5. The molecule has 1 fully saturated rings. The van der Waals surface area contributed by atoms with Crippen LogP contribution in [0.5, 0.6) is 0 Å². The minimum atomic E-state index is -0.350. The van der Waals surface area contributed by atoms with Crippen molar-refractivity contribution < 1.29 is 14.6 Å². The second kappa shape index (κ2) is 8.01. The number of carbonyl (C=O) groups is 1. The topological polar surface area (TPSA) is 101 Å². The number of likely N-dealkylation sites (tertiary alicyclic amines) is 1. The van der Waals surface area contributed by atoms with Crippen LogP contribution < -0.4 is 10.9 Å². The van der Waals surface area contributed by atoms with Crippen molar-refractivity contribution in [2.45, 2.75) is 38.8 Å². The smallest absolute Gasteiger partial charge is 0.321 e. The van der Waals surface area contributed by atoms with E-state index in [4.69, 9.17) is 10.1 Å². The molecule has 140 valence electrons. The average Bonchev–Trinajstić information content (AvgIpc) is 3.07. The number of nitriles is 1. The fourth-order valence-corrected chi connectivity index (χ4v) is 2.33. The number of amides is 2. The fraction of sp³-hybridized carbons (Fsp3) is 0.529. The van der Waals surface area contributed by atoms with E-state index in [0.29, 0.717) is 35.7 Å². The molecular weight excluding hydrogens is 336 g/mol. The van der Waals surface area contributed by atoms with Crippen molar-refractivity contribution in [1.29, 1.82) is 5.26 Å². The number of benzene rings is 1. The number of nitrogens with one attached hydrogen (secondary N) is 2. The van der Waals surface area contributed by atoms with E-state index in [2.05, 4.69) is 10.9 Å². The molecule has 1 aliphatic rings. The highest BCUT2D eigenvalue weighted by Gasteiger charge is 2.33. The summed E-state index contributed by atoms with van der Waals surface area (Å²) in [5, 5.41) is 13.1. The fourth-order valence-electron chi connectivity index (χ4n) is 2.33. The lowest BCUT2D eigenvalue weighted by atomic mass is 10.1. The van der Waals surface area contributed by atoms with Gasteiger partial charge in [0.1, 0.15) is 6.10 Å². The molecule has 2 amide bonds. The normalized spacial score (nSPS) is 16.7. The molecule has 1 heterocycles. The van der Waals surface area contributed by atoms with Crippen LogP contribution >= 0.6 is 0 Å². The number of hydrazine groups is 2. The van der Waals surface area contributed by atoms with E-state index in [-0.39, 0.29) is 17.7 Å². The van der Waals surface area contributed by atoms with Gasteiger partial charge in [-0.15, -0.1) is 5.01 Å². The van der Waals surface area contributed by atoms with Crippen LogP contribution in [0.25, 0.3) is 0 Å². The summed E-state index contributed by atoms with van der Waals surface area (Å²) in [6.45, 7) is 6.60. The zero-order valence-corrected chi connectivity index (χ0v) is 15.5. The predicted molar refractivity (Wildman–Crippen MR) is 95.5 cm³/mol. The molecule has 9 heteroatoms. The Balaban J connectivity index is 1.81. The molecule has 1 aliphatic heterocycles. The van der Waals surface area contributed by atoms with Gasteiger partial charge in [-0.05, 0) is 45.4 Å². The molecule has 1 atom stereocenters. The van der Waals surface area contributed by atoms with Crippen molar-refractivity contribution in [3.05, 3.63) is 34.7 Å². The highest BCUT2D eigenvalue weighted by molar-refractivity contribution is 5.89. The van der Waals surface area contributed by atoms with Crippen molar-refractivity contribution in [1.82, 2.24) is 15.5 Å². The lowest BCUT2D eigenvalue weighted by molar-refractivity contribution is -0.797. The Morgan fingerprint density at radius 3 is 2.85 bits per heavy atom. The van der Waals surface area contributed by atoms with E-state index in [1.807, 2.05) is 26.8 Å². The van der Waals surface area contributed by atoms with Gasteiger partial charge in [0, 0.05) is 17.8 Å². The largest absolute Gasteiger partial charge is 0.322 e. The SMILES string of the molecule is CN([N+](=O)NOC1CCN(C(=O)Nc2cccc(C#N)c2)C1)C(C)(C)C. The molecule has 1 unspecified atom stereocenters. The van der Waals surface area contributed by atoms with Gasteiger partial charge in [0.15, 0.2) is 0 Å². The Hall–Kier alpha value is -2.86. The number of nitroso groups, excluding NO2 is 1. The molecule has 26 heavy (non-hydrogen) atoms. The molecule has 2 rings (SSSR count). The van der Waals surface area contributed by atoms with Crippen LogP contribution in [0.15, 0.2) is 24.3 Å². The summed E-state index contributed by atoms with van der Waals surface area (Å²) in [4.78, 5) is 31.8. The third-order valence-corrected chi connectivity index (χ3v) is 4.22. The first kappa shape index (κ1) is 19.5. The summed E-state index contributed by atoms with van der Waals surface area (Å²) in [7, 11) is 1.66. The van der Waals surface area contributed by atoms with Gasteiger partial charge in [0.2, 0.25) is 0 Å². The molecular formula is C17H25N6O3+. The Labute approximate surface area is 153 Å². The minimum absolute atomic E-state index is 0.267. The van der Waals surface area contributed by atoms with Crippen LogP contribution in [0.2, 0.25) is 0 Å². The third kappa shape index (κ3) is 5.07. The Kier molecular flexibility index (Phi) is 6.00. The predicted octanol–water partition coefficient (Wildman–Crippen LogP) is 2.02. The summed E-state index contributed by atoms with van der Waals surface area (Å²) in [5.74, 6) is 0. The molecule has 0 spiro atoms. The highest BCUT2D eigenvalue weighted by atomic mass is 16.7. The van der Waals surface area contributed by atoms with Gasteiger partial charge in [0.05, 0.1) is 35.7 Å². The zero-order chi connectivity index (χ0) is 19.3. The minimum Gasteiger partial charge on any atom is -0.322 e. The van der Waals surface area contributed by atoms with E-state index < -0.39 is 0 Å². The molecule has 9 nitrogen and oxygen atoms in total. The van der Waals surface area contributed by atoms with Crippen LogP contribution in [0.4, 0.5) is 10.5 Å². The zero-order valence-electron chi connectivity index (χ0n) is 15.5. The number of nitrogens with zero attached hydrogens (tertiary/aromatic N) is 4. The van der Waals surface area contributed by atoms with Crippen molar-refractivity contribution >= 4 is 11.7 Å². The second-order valence-electron chi connectivity index (χ2n) is 7.16.